The molecule has 0 aromatic heterocycles. The van der Waals surface area contributed by atoms with Gasteiger partial charge in [0.1, 0.15) is 5.75 Å². The van der Waals surface area contributed by atoms with E-state index in [1.54, 1.807) is 24.3 Å². The Morgan fingerprint density at radius 1 is 1.00 bits per heavy atom. The maximum absolute atomic E-state index is 12.1. The van der Waals surface area contributed by atoms with Crippen molar-refractivity contribution in [1.29, 1.82) is 0 Å². The van der Waals surface area contributed by atoms with Gasteiger partial charge < -0.3 is 10.4 Å². The molecule has 0 saturated carbocycles. The Kier molecular flexibility index (Phi) is 3.56. The van der Waals surface area contributed by atoms with Crippen LogP contribution in [0.15, 0.2) is 36.4 Å². The first-order valence-electron chi connectivity index (χ1n) is 6.15. The zero-order valence-corrected chi connectivity index (χ0v) is 11.3. The fourth-order valence-electron chi connectivity index (χ4n) is 1.94. The van der Waals surface area contributed by atoms with Crippen LogP contribution in [-0.4, -0.2) is 11.0 Å². The van der Waals surface area contributed by atoms with Crippen molar-refractivity contribution in [1.82, 2.24) is 0 Å². The largest absolute Gasteiger partial charge is 0.507 e. The molecule has 0 fully saturated rings. The van der Waals surface area contributed by atoms with E-state index < -0.39 is 0 Å². The molecule has 0 unspecified atom stereocenters. The highest BCUT2D eigenvalue weighted by atomic mass is 16.3. The number of nitrogens with one attached hydrogen (secondary N) is 1. The van der Waals surface area contributed by atoms with Crippen molar-refractivity contribution in [3.63, 3.8) is 0 Å². The van der Waals surface area contributed by atoms with Gasteiger partial charge in [-0.1, -0.05) is 17.7 Å². The minimum absolute atomic E-state index is 0.149. The van der Waals surface area contributed by atoms with Crippen LogP contribution in [0.3, 0.4) is 0 Å². The lowest BCUT2D eigenvalue weighted by Crippen LogP contribution is -2.12. The molecule has 3 heteroatoms. The average Bonchev–Trinajstić information content (AvgIpc) is 2.36. The second kappa shape index (κ2) is 5.14. The molecule has 0 aliphatic heterocycles. The van der Waals surface area contributed by atoms with Gasteiger partial charge >= 0.3 is 0 Å². The molecule has 2 aromatic carbocycles. The normalized spacial score (nSPS) is 10.3. The number of phenols is 1. The summed E-state index contributed by atoms with van der Waals surface area (Å²) in [5.41, 5.74) is 3.93. The van der Waals surface area contributed by atoms with Crippen LogP contribution in [0.4, 0.5) is 5.69 Å². The third-order valence-corrected chi connectivity index (χ3v) is 3.06. The predicted molar refractivity (Wildman–Crippen MR) is 76.7 cm³/mol. The number of rotatable bonds is 2. The molecular formula is C16H17NO2. The van der Waals surface area contributed by atoms with Crippen LogP contribution in [-0.2, 0) is 0 Å². The summed E-state index contributed by atoms with van der Waals surface area (Å²) in [6.07, 6.45) is 0. The number of amides is 1. The highest BCUT2D eigenvalue weighted by Crippen LogP contribution is 2.25. The molecule has 3 nitrogen and oxygen atoms in total. The van der Waals surface area contributed by atoms with Crippen molar-refractivity contribution in [2.45, 2.75) is 20.8 Å². The average molecular weight is 255 g/mol. The van der Waals surface area contributed by atoms with Gasteiger partial charge in [-0.05, 0) is 56.2 Å². The molecule has 2 aromatic rings. The third-order valence-electron chi connectivity index (χ3n) is 3.06. The Balaban J connectivity index is 2.22. The van der Waals surface area contributed by atoms with Gasteiger partial charge in [0.15, 0.2) is 0 Å². The van der Waals surface area contributed by atoms with Gasteiger partial charge in [-0.15, -0.1) is 0 Å². The molecule has 0 atom stereocenters. The summed E-state index contributed by atoms with van der Waals surface area (Å²) in [5.74, 6) is 0.123. The Hall–Kier alpha value is -2.29. The van der Waals surface area contributed by atoms with Gasteiger partial charge in [-0.2, -0.15) is 0 Å². The van der Waals surface area contributed by atoms with Crippen molar-refractivity contribution in [2.24, 2.45) is 0 Å². The third kappa shape index (κ3) is 2.94. The first-order valence-corrected chi connectivity index (χ1v) is 6.15. The molecule has 0 radical (unpaired) electrons. The Morgan fingerprint density at radius 3 is 2.05 bits per heavy atom. The lowest BCUT2D eigenvalue weighted by atomic mass is 10.1. The van der Waals surface area contributed by atoms with E-state index in [0.29, 0.717) is 11.3 Å². The van der Waals surface area contributed by atoms with Gasteiger partial charge in [0.25, 0.3) is 5.91 Å². The van der Waals surface area contributed by atoms with Crippen LogP contribution in [0.5, 0.6) is 5.75 Å². The molecular weight excluding hydrogens is 238 g/mol. The lowest BCUT2D eigenvalue weighted by Gasteiger charge is -2.09. The van der Waals surface area contributed by atoms with E-state index in [1.807, 2.05) is 32.9 Å². The lowest BCUT2D eigenvalue weighted by molar-refractivity contribution is 0.102. The number of benzene rings is 2. The maximum atomic E-state index is 12.1. The van der Waals surface area contributed by atoms with Crippen LogP contribution < -0.4 is 5.32 Å². The first kappa shape index (κ1) is 13.1. The quantitative estimate of drug-likeness (QED) is 0.806. The van der Waals surface area contributed by atoms with Crippen LogP contribution in [0.2, 0.25) is 0 Å². The summed E-state index contributed by atoms with van der Waals surface area (Å²) in [6.45, 7) is 5.60. The molecule has 98 valence electrons. The molecule has 2 rings (SSSR count). The summed E-state index contributed by atoms with van der Waals surface area (Å²) in [6, 6.07) is 10.9. The molecule has 0 spiro atoms. The number of aromatic hydroxyl groups is 1. The monoisotopic (exact) mass is 255 g/mol. The number of carbonyl (C=O) groups is 1. The van der Waals surface area contributed by atoms with E-state index in [-0.39, 0.29) is 11.7 Å². The van der Waals surface area contributed by atoms with E-state index in [9.17, 15) is 9.90 Å². The SMILES string of the molecule is Cc1ccc(C(=O)Nc2cc(C)c(O)c(C)c2)cc1. The molecule has 0 bridgehead atoms. The molecule has 0 heterocycles. The number of aryl methyl sites for hydroxylation is 3. The second-order valence-corrected chi connectivity index (χ2v) is 4.78. The molecule has 19 heavy (non-hydrogen) atoms. The van der Waals surface area contributed by atoms with E-state index in [0.717, 1.165) is 16.7 Å². The van der Waals surface area contributed by atoms with E-state index in [1.165, 1.54) is 0 Å². The van der Waals surface area contributed by atoms with Gasteiger partial charge in [-0.3, -0.25) is 4.79 Å². The zero-order chi connectivity index (χ0) is 14.0. The summed E-state index contributed by atoms with van der Waals surface area (Å²) in [7, 11) is 0. The Labute approximate surface area is 112 Å². The number of hydrogen-bond donors (Lipinski definition) is 2. The molecule has 0 saturated heterocycles. The van der Waals surface area contributed by atoms with Gasteiger partial charge in [0, 0.05) is 11.3 Å². The number of hydrogen-bond acceptors (Lipinski definition) is 2. The van der Waals surface area contributed by atoms with Crippen molar-refractivity contribution < 1.29 is 9.90 Å². The van der Waals surface area contributed by atoms with E-state index in [2.05, 4.69) is 5.32 Å². The number of anilines is 1. The number of phenolic OH excluding ortho intramolecular Hbond substituents is 1. The van der Waals surface area contributed by atoms with Crippen molar-refractivity contribution in [3.05, 3.63) is 58.7 Å². The van der Waals surface area contributed by atoms with Crippen LogP contribution in [0, 0.1) is 20.8 Å². The van der Waals surface area contributed by atoms with Crippen molar-refractivity contribution in [3.8, 4) is 5.75 Å². The highest BCUT2D eigenvalue weighted by molar-refractivity contribution is 6.04. The summed E-state index contributed by atoms with van der Waals surface area (Å²) < 4.78 is 0. The minimum Gasteiger partial charge on any atom is -0.507 e. The van der Waals surface area contributed by atoms with Gasteiger partial charge in [0.05, 0.1) is 0 Å². The van der Waals surface area contributed by atoms with E-state index in [4.69, 9.17) is 0 Å². The van der Waals surface area contributed by atoms with Gasteiger partial charge in [-0.25, -0.2) is 0 Å². The van der Waals surface area contributed by atoms with Crippen LogP contribution >= 0.6 is 0 Å². The standard InChI is InChI=1S/C16H17NO2/c1-10-4-6-13(7-5-10)16(19)17-14-8-11(2)15(18)12(3)9-14/h4-9,18H,1-3H3,(H,17,19). The fraction of sp³-hybridized carbons (Fsp3) is 0.188. The van der Waals surface area contributed by atoms with E-state index >= 15 is 0 Å². The molecule has 0 aliphatic rings. The zero-order valence-electron chi connectivity index (χ0n) is 11.3. The molecule has 1 amide bonds. The molecule has 0 aliphatic carbocycles. The molecule has 2 N–H and O–H groups in total. The Bertz CT molecular complexity index is 592. The summed E-state index contributed by atoms with van der Waals surface area (Å²) in [4.78, 5) is 12.1. The van der Waals surface area contributed by atoms with Crippen molar-refractivity contribution in [2.75, 3.05) is 5.32 Å². The number of carbonyl (C=O) groups excluding carboxylic acids is 1. The van der Waals surface area contributed by atoms with Crippen molar-refractivity contribution >= 4 is 11.6 Å². The fourth-order valence-corrected chi connectivity index (χ4v) is 1.94. The van der Waals surface area contributed by atoms with Crippen LogP contribution in [0.25, 0.3) is 0 Å². The predicted octanol–water partition coefficient (Wildman–Crippen LogP) is 3.57. The van der Waals surface area contributed by atoms with Gasteiger partial charge in [0.2, 0.25) is 0 Å². The highest BCUT2D eigenvalue weighted by Gasteiger charge is 2.08. The second-order valence-electron chi connectivity index (χ2n) is 4.78. The minimum atomic E-state index is -0.149. The first-order chi connectivity index (χ1) is 8.97. The Morgan fingerprint density at radius 2 is 1.53 bits per heavy atom. The summed E-state index contributed by atoms with van der Waals surface area (Å²) in [5, 5.41) is 12.5. The topological polar surface area (TPSA) is 49.3 Å². The summed E-state index contributed by atoms with van der Waals surface area (Å²) >= 11 is 0. The smallest absolute Gasteiger partial charge is 0.255 e. The van der Waals surface area contributed by atoms with Crippen LogP contribution in [0.1, 0.15) is 27.0 Å². The maximum Gasteiger partial charge on any atom is 0.255 e.